The lowest BCUT2D eigenvalue weighted by molar-refractivity contribution is 0.0760. The highest BCUT2D eigenvalue weighted by Crippen LogP contribution is 2.43. The zero-order valence-corrected chi connectivity index (χ0v) is 11.2. The van der Waals surface area contributed by atoms with Gasteiger partial charge < -0.3 is 14.6 Å². The third-order valence-electron chi connectivity index (χ3n) is 2.64. The Morgan fingerprint density at radius 2 is 1.94 bits per heavy atom. The highest BCUT2D eigenvalue weighted by Gasteiger charge is 2.27. The Balaban J connectivity index is 2.63. The minimum absolute atomic E-state index is 0.556. The second-order valence-electron chi connectivity index (χ2n) is 4.44. The van der Waals surface area contributed by atoms with Crippen LogP contribution >= 0.6 is 15.9 Å². The first-order chi connectivity index (χ1) is 7.41. The van der Waals surface area contributed by atoms with Crippen LogP contribution in [-0.4, -0.2) is 18.3 Å². The van der Waals surface area contributed by atoms with Crippen molar-refractivity contribution in [2.75, 3.05) is 13.2 Å². The Bertz CT molecular complexity index is 421. The van der Waals surface area contributed by atoms with E-state index in [0.29, 0.717) is 13.2 Å². The molecule has 1 aliphatic rings. The maximum atomic E-state index is 10.1. The number of rotatable bonds is 1. The van der Waals surface area contributed by atoms with Crippen LogP contribution in [0.2, 0.25) is 0 Å². The van der Waals surface area contributed by atoms with E-state index in [1.165, 1.54) is 0 Å². The van der Waals surface area contributed by atoms with E-state index >= 15 is 0 Å². The molecule has 1 aromatic carbocycles. The normalized spacial score (nSPS) is 15.1. The van der Waals surface area contributed by atoms with Gasteiger partial charge in [0.15, 0.2) is 11.5 Å². The number of aliphatic hydroxyl groups is 1. The fraction of sp³-hybridized carbons (Fsp3) is 0.500. The molecular formula is C12H15BrO3. The molecule has 1 aliphatic heterocycles. The van der Waals surface area contributed by atoms with Gasteiger partial charge in [-0.3, -0.25) is 0 Å². The number of ether oxygens (including phenoxy) is 2. The van der Waals surface area contributed by atoms with Gasteiger partial charge in [-0.2, -0.15) is 0 Å². The zero-order chi connectivity index (χ0) is 11.9. The van der Waals surface area contributed by atoms with Crippen LogP contribution < -0.4 is 9.47 Å². The Kier molecular flexibility index (Phi) is 2.88. The summed E-state index contributed by atoms with van der Waals surface area (Å²) in [6.45, 7) is 6.58. The molecule has 88 valence electrons. The smallest absolute Gasteiger partial charge is 0.164 e. The largest absolute Gasteiger partial charge is 0.486 e. The van der Waals surface area contributed by atoms with Gasteiger partial charge in [0.05, 0.1) is 5.60 Å². The quantitative estimate of drug-likeness (QED) is 0.863. The zero-order valence-electron chi connectivity index (χ0n) is 9.63. The molecule has 1 aromatic rings. The average molecular weight is 287 g/mol. The summed E-state index contributed by atoms with van der Waals surface area (Å²) in [4.78, 5) is 0. The van der Waals surface area contributed by atoms with Gasteiger partial charge in [0.25, 0.3) is 0 Å². The standard InChI is InChI=1S/C12H15BrO3/c1-7-10(12(2,3)14)8(13)6-9-11(7)16-5-4-15-9/h6,14H,4-5H2,1-3H3. The first-order valence-corrected chi connectivity index (χ1v) is 6.02. The average Bonchev–Trinajstić information content (AvgIpc) is 2.15. The van der Waals surface area contributed by atoms with Crippen LogP contribution in [0.15, 0.2) is 10.5 Å². The van der Waals surface area contributed by atoms with Gasteiger partial charge in [0.2, 0.25) is 0 Å². The van der Waals surface area contributed by atoms with Crippen molar-refractivity contribution in [1.82, 2.24) is 0 Å². The van der Waals surface area contributed by atoms with E-state index in [2.05, 4.69) is 15.9 Å². The first kappa shape index (κ1) is 11.7. The molecule has 0 saturated heterocycles. The van der Waals surface area contributed by atoms with Crippen molar-refractivity contribution >= 4 is 15.9 Å². The summed E-state index contributed by atoms with van der Waals surface area (Å²) < 4.78 is 12.0. The van der Waals surface area contributed by atoms with Gasteiger partial charge in [-0.25, -0.2) is 0 Å². The van der Waals surface area contributed by atoms with Crippen LogP contribution in [0.4, 0.5) is 0 Å². The second-order valence-corrected chi connectivity index (χ2v) is 5.30. The van der Waals surface area contributed by atoms with Gasteiger partial charge in [-0.05, 0) is 26.8 Å². The third kappa shape index (κ3) is 1.92. The molecule has 0 fully saturated rings. The maximum absolute atomic E-state index is 10.1. The monoisotopic (exact) mass is 286 g/mol. The van der Waals surface area contributed by atoms with Gasteiger partial charge in [-0.1, -0.05) is 15.9 Å². The highest BCUT2D eigenvalue weighted by atomic mass is 79.9. The van der Waals surface area contributed by atoms with Crippen molar-refractivity contribution in [1.29, 1.82) is 0 Å². The summed E-state index contributed by atoms with van der Waals surface area (Å²) in [6.07, 6.45) is 0. The predicted molar refractivity (Wildman–Crippen MR) is 65.1 cm³/mol. The Hall–Kier alpha value is -0.740. The van der Waals surface area contributed by atoms with Gasteiger partial charge in [-0.15, -0.1) is 0 Å². The molecule has 0 unspecified atom stereocenters. The summed E-state index contributed by atoms with van der Waals surface area (Å²) in [7, 11) is 0. The van der Waals surface area contributed by atoms with E-state index in [9.17, 15) is 5.11 Å². The van der Waals surface area contributed by atoms with Crippen molar-refractivity contribution in [3.05, 3.63) is 21.7 Å². The van der Waals surface area contributed by atoms with Crippen LogP contribution in [0.1, 0.15) is 25.0 Å². The molecule has 0 radical (unpaired) electrons. The van der Waals surface area contributed by atoms with E-state index in [4.69, 9.17) is 9.47 Å². The maximum Gasteiger partial charge on any atom is 0.164 e. The summed E-state index contributed by atoms with van der Waals surface area (Å²) >= 11 is 3.47. The molecule has 1 N–H and O–H groups in total. The molecule has 4 heteroatoms. The molecule has 0 aliphatic carbocycles. The topological polar surface area (TPSA) is 38.7 Å². The summed E-state index contributed by atoms with van der Waals surface area (Å²) in [5, 5.41) is 10.1. The third-order valence-corrected chi connectivity index (χ3v) is 3.26. The second kappa shape index (κ2) is 3.93. The van der Waals surface area contributed by atoms with Gasteiger partial charge >= 0.3 is 0 Å². The van der Waals surface area contributed by atoms with E-state index in [0.717, 1.165) is 27.1 Å². The Morgan fingerprint density at radius 3 is 2.56 bits per heavy atom. The van der Waals surface area contributed by atoms with Crippen LogP contribution in [0.5, 0.6) is 11.5 Å². The minimum Gasteiger partial charge on any atom is -0.486 e. The molecule has 2 rings (SSSR count). The van der Waals surface area contributed by atoms with E-state index < -0.39 is 5.60 Å². The number of hydrogen-bond acceptors (Lipinski definition) is 3. The lowest BCUT2D eigenvalue weighted by atomic mass is 9.93. The molecule has 1 heterocycles. The summed E-state index contributed by atoms with van der Waals surface area (Å²) in [6, 6.07) is 1.86. The molecule has 0 aromatic heterocycles. The van der Waals surface area contributed by atoms with E-state index in [1.807, 2.05) is 13.0 Å². The fourth-order valence-electron chi connectivity index (χ4n) is 2.06. The van der Waals surface area contributed by atoms with E-state index in [-0.39, 0.29) is 0 Å². The van der Waals surface area contributed by atoms with Crippen molar-refractivity contribution in [2.45, 2.75) is 26.4 Å². The number of halogens is 1. The first-order valence-electron chi connectivity index (χ1n) is 5.23. The molecule has 16 heavy (non-hydrogen) atoms. The molecule has 0 atom stereocenters. The van der Waals surface area contributed by atoms with Gasteiger partial charge in [0.1, 0.15) is 13.2 Å². The van der Waals surface area contributed by atoms with Crippen molar-refractivity contribution < 1.29 is 14.6 Å². The van der Waals surface area contributed by atoms with Crippen LogP contribution in [0, 0.1) is 6.92 Å². The minimum atomic E-state index is -0.904. The van der Waals surface area contributed by atoms with Gasteiger partial charge in [0, 0.05) is 15.6 Å². The molecule has 0 saturated carbocycles. The lowest BCUT2D eigenvalue weighted by Crippen LogP contribution is -2.22. The van der Waals surface area contributed by atoms with Crippen molar-refractivity contribution in [2.24, 2.45) is 0 Å². The van der Waals surface area contributed by atoms with Crippen molar-refractivity contribution in [3.63, 3.8) is 0 Å². The summed E-state index contributed by atoms with van der Waals surface area (Å²) in [5.41, 5.74) is 0.868. The Labute approximate surface area is 104 Å². The number of benzene rings is 1. The SMILES string of the molecule is Cc1c2c(cc(Br)c1C(C)(C)O)OCCO2. The molecule has 3 nitrogen and oxygen atoms in total. The lowest BCUT2D eigenvalue weighted by Gasteiger charge is -2.27. The van der Waals surface area contributed by atoms with Crippen molar-refractivity contribution in [3.8, 4) is 11.5 Å². The van der Waals surface area contributed by atoms with Crippen LogP contribution in [-0.2, 0) is 5.60 Å². The molecule has 0 bridgehead atoms. The molecule has 0 spiro atoms. The highest BCUT2D eigenvalue weighted by molar-refractivity contribution is 9.10. The number of hydrogen-bond donors (Lipinski definition) is 1. The molecule has 0 amide bonds. The van der Waals surface area contributed by atoms with E-state index in [1.54, 1.807) is 13.8 Å². The van der Waals surface area contributed by atoms with Crippen LogP contribution in [0.25, 0.3) is 0 Å². The predicted octanol–water partition coefficient (Wildman–Crippen LogP) is 2.76. The Morgan fingerprint density at radius 1 is 1.31 bits per heavy atom. The van der Waals surface area contributed by atoms with Crippen LogP contribution in [0.3, 0.4) is 0 Å². The fourth-order valence-corrected chi connectivity index (χ4v) is 3.05. The number of fused-ring (bicyclic) bond motifs is 1. The molecular weight excluding hydrogens is 272 g/mol. The summed E-state index contributed by atoms with van der Waals surface area (Å²) in [5.74, 6) is 1.48.